The maximum absolute atomic E-state index is 11.7. The topological polar surface area (TPSA) is 46.2 Å². The van der Waals surface area contributed by atoms with Crippen molar-refractivity contribution in [3.8, 4) is 0 Å². The van der Waals surface area contributed by atoms with Gasteiger partial charge < -0.3 is 5.32 Å². The first-order valence-corrected chi connectivity index (χ1v) is 9.81. The molecule has 0 aliphatic heterocycles. The molecule has 0 fully saturated rings. The molecule has 2 atom stereocenters. The van der Waals surface area contributed by atoms with E-state index in [1.807, 2.05) is 6.92 Å². The monoisotopic (exact) mass is 309 g/mol. The van der Waals surface area contributed by atoms with Gasteiger partial charge >= 0.3 is 0 Å². The van der Waals surface area contributed by atoms with Gasteiger partial charge in [-0.15, -0.1) is 0 Å². The van der Waals surface area contributed by atoms with Crippen LogP contribution in [-0.2, 0) is 22.7 Å². The van der Waals surface area contributed by atoms with Gasteiger partial charge in [-0.2, -0.15) is 0 Å². The molecular weight excluding hydrogens is 282 g/mol. The lowest BCUT2D eigenvalue weighted by Gasteiger charge is -2.23. The van der Waals surface area contributed by atoms with Crippen LogP contribution in [0.25, 0.3) is 0 Å². The predicted molar refractivity (Wildman–Crippen MR) is 88.4 cm³/mol. The molecule has 0 aromatic heterocycles. The van der Waals surface area contributed by atoms with Crippen molar-refractivity contribution >= 4 is 9.84 Å². The molecule has 0 bridgehead atoms. The largest absolute Gasteiger partial charge is 0.307 e. The van der Waals surface area contributed by atoms with E-state index in [-0.39, 0.29) is 23.6 Å². The Morgan fingerprint density at radius 2 is 1.81 bits per heavy atom. The number of fused-ring (bicyclic) bond motifs is 1. The maximum Gasteiger partial charge on any atom is 0.151 e. The van der Waals surface area contributed by atoms with Crippen molar-refractivity contribution in [2.75, 3.05) is 11.5 Å². The predicted octanol–water partition coefficient (Wildman–Crippen LogP) is 3.04. The van der Waals surface area contributed by atoms with Crippen LogP contribution < -0.4 is 5.32 Å². The van der Waals surface area contributed by atoms with Crippen LogP contribution in [0.1, 0.15) is 56.3 Å². The number of rotatable bonds is 6. The van der Waals surface area contributed by atoms with E-state index in [9.17, 15) is 8.42 Å². The summed E-state index contributed by atoms with van der Waals surface area (Å²) in [5, 5.41) is 3.41. The molecule has 0 spiro atoms. The van der Waals surface area contributed by atoms with E-state index in [0.717, 1.165) is 0 Å². The van der Waals surface area contributed by atoms with Crippen LogP contribution in [0.5, 0.6) is 0 Å². The Morgan fingerprint density at radius 1 is 1.14 bits per heavy atom. The third-order valence-corrected chi connectivity index (χ3v) is 6.24. The third kappa shape index (κ3) is 4.55. The number of benzene rings is 1. The molecule has 118 valence electrons. The van der Waals surface area contributed by atoms with Gasteiger partial charge in [0, 0.05) is 17.8 Å². The van der Waals surface area contributed by atoms with Gasteiger partial charge in [0.15, 0.2) is 9.84 Å². The minimum atomic E-state index is -2.92. The van der Waals surface area contributed by atoms with E-state index in [0.29, 0.717) is 0 Å². The highest BCUT2D eigenvalue weighted by Crippen LogP contribution is 2.25. The molecule has 1 aliphatic carbocycles. The van der Waals surface area contributed by atoms with E-state index < -0.39 is 9.84 Å². The first-order valence-electron chi connectivity index (χ1n) is 7.99. The molecule has 1 aromatic rings. The Kier molecular flexibility index (Phi) is 5.44. The second-order valence-corrected chi connectivity index (χ2v) is 8.62. The van der Waals surface area contributed by atoms with Crippen molar-refractivity contribution < 1.29 is 8.42 Å². The summed E-state index contributed by atoms with van der Waals surface area (Å²) < 4.78 is 23.4. The zero-order valence-electron chi connectivity index (χ0n) is 13.4. The highest BCUT2D eigenvalue weighted by Gasteiger charge is 2.17. The number of nitrogens with one attached hydrogen (secondary N) is 1. The lowest BCUT2D eigenvalue weighted by molar-refractivity contribution is 0.499. The molecule has 2 unspecified atom stereocenters. The summed E-state index contributed by atoms with van der Waals surface area (Å²) >= 11 is 0. The molecule has 21 heavy (non-hydrogen) atoms. The van der Waals surface area contributed by atoms with Crippen molar-refractivity contribution in [2.45, 2.75) is 58.5 Å². The van der Waals surface area contributed by atoms with Gasteiger partial charge in [0.05, 0.1) is 5.75 Å². The highest BCUT2D eigenvalue weighted by molar-refractivity contribution is 7.91. The molecule has 0 radical (unpaired) electrons. The maximum atomic E-state index is 11.7. The molecule has 0 saturated carbocycles. The van der Waals surface area contributed by atoms with Crippen LogP contribution in [0.2, 0.25) is 0 Å². The number of sulfone groups is 1. The summed E-state index contributed by atoms with van der Waals surface area (Å²) in [5.41, 5.74) is 4.22. The van der Waals surface area contributed by atoms with Crippen molar-refractivity contribution in [2.24, 2.45) is 0 Å². The molecule has 2 rings (SSSR count). The van der Waals surface area contributed by atoms with E-state index in [4.69, 9.17) is 0 Å². The fourth-order valence-electron chi connectivity index (χ4n) is 3.09. The molecule has 0 heterocycles. The fraction of sp³-hybridized carbons (Fsp3) is 0.647. The normalized spacial score (nSPS) is 18.0. The molecule has 1 aliphatic rings. The van der Waals surface area contributed by atoms with Crippen molar-refractivity contribution in [3.63, 3.8) is 0 Å². The average molecular weight is 309 g/mol. The first-order chi connectivity index (χ1) is 9.91. The van der Waals surface area contributed by atoms with E-state index in [1.54, 1.807) is 6.92 Å². The summed E-state index contributed by atoms with van der Waals surface area (Å²) in [6, 6.07) is 6.88. The van der Waals surface area contributed by atoms with Crippen LogP contribution in [0, 0.1) is 0 Å². The van der Waals surface area contributed by atoms with Crippen molar-refractivity contribution in [1.29, 1.82) is 0 Å². The van der Waals surface area contributed by atoms with Gasteiger partial charge in [0.25, 0.3) is 0 Å². The van der Waals surface area contributed by atoms with E-state index in [1.165, 1.54) is 42.4 Å². The summed E-state index contributed by atoms with van der Waals surface area (Å²) in [5.74, 6) is 0.422. The lowest BCUT2D eigenvalue weighted by atomic mass is 9.89. The Hall–Kier alpha value is -0.870. The Balaban J connectivity index is 2.01. The van der Waals surface area contributed by atoms with Crippen LogP contribution in [0.4, 0.5) is 0 Å². The van der Waals surface area contributed by atoms with Crippen molar-refractivity contribution in [1.82, 2.24) is 5.32 Å². The Labute approximate surface area is 129 Å². The van der Waals surface area contributed by atoms with Crippen molar-refractivity contribution in [3.05, 3.63) is 34.9 Å². The van der Waals surface area contributed by atoms with Gasteiger partial charge in [-0.1, -0.05) is 25.1 Å². The molecular formula is C17H27NO2S. The minimum absolute atomic E-state index is 0.0269. The second kappa shape index (κ2) is 6.93. The molecule has 0 saturated heterocycles. The Morgan fingerprint density at radius 3 is 2.48 bits per heavy atom. The van der Waals surface area contributed by atoms with Gasteiger partial charge in [0.1, 0.15) is 0 Å². The number of hydrogen-bond donors (Lipinski definition) is 1. The third-order valence-electron chi connectivity index (χ3n) is 4.35. The quantitative estimate of drug-likeness (QED) is 0.878. The highest BCUT2D eigenvalue weighted by atomic mass is 32.2. The molecule has 1 N–H and O–H groups in total. The van der Waals surface area contributed by atoms with E-state index >= 15 is 0 Å². The summed E-state index contributed by atoms with van der Waals surface area (Å²) in [6.07, 6.45) is 4.95. The molecule has 0 amide bonds. The van der Waals surface area contributed by atoms with Gasteiger partial charge in [-0.05, 0) is 56.2 Å². The zero-order chi connectivity index (χ0) is 15.5. The average Bonchev–Trinajstić information content (AvgIpc) is 2.46. The zero-order valence-corrected chi connectivity index (χ0v) is 14.2. The molecule has 3 nitrogen and oxygen atoms in total. The number of aryl methyl sites for hydroxylation is 2. The summed E-state index contributed by atoms with van der Waals surface area (Å²) in [4.78, 5) is 0. The fourth-order valence-corrected chi connectivity index (χ4v) is 4.19. The van der Waals surface area contributed by atoms with Crippen LogP contribution in [-0.4, -0.2) is 26.0 Å². The smallest absolute Gasteiger partial charge is 0.151 e. The summed E-state index contributed by atoms with van der Waals surface area (Å²) in [7, 11) is -2.92. The Bertz CT molecular complexity index is 580. The van der Waals surface area contributed by atoms with Gasteiger partial charge in [-0.25, -0.2) is 8.42 Å². The SMILES string of the molecule is CCS(=O)(=O)CC(C)NC(C)c1ccc2c(c1)CCCC2. The molecule has 1 aromatic carbocycles. The van der Waals surface area contributed by atoms with E-state index in [2.05, 4.69) is 30.4 Å². The first kappa shape index (κ1) is 16.5. The standard InChI is InChI=1S/C17H27NO2S/c1-4-21(19,20)12-13(2)18-14(3)16-10-9-15-7-5-6-8-17(15)11-16/h9-11,13-14,18H,4-8,12H2,1-3H3. The lowest BCUT2D eigenvalue weighted by Crippen LogP contribution is -2.35. The van der Waals surface area contributed by atoms with Gasteiger partial charge in [0.2, 0.25) is 0 Å². The number of hydrogen-bond acceptors (Lipinski definition) is 3. The van der Waals surface area contributed by atoms with Crippen LogP contribution >= 0.6 is 0 Å². The molecule has 4 heteroatoms. The summed E-state index contributed by atoms with van der Waals surface area (Å²) in [6.45, 7) is 5.76. The van der Waals surface area contributed by atoms with Gasteiger partial charge in [-0.3, -0.25) is 0 Å². The van der Waals surface area contributed by atoms with Crippen LogP contribution in [0.15, 0.2) is 18.2 Å². The van der Waals surface area contributed by atoms with Crippen LogP contribution in [0.3, 0.4) is 0 Å². The second-order valence-electron chi connectivity index (χ2n) is 6.22. The minimum Gasteiger partial charge on any atom is -0.307 e.